The summed E-state index contributed by atoms with van der Waals surface area (Å²) in [5, 5.41) is 7.97. The summed E-state index contributed by atoms with van der Waals surface area (Å²) in [5.74, 6) is -0.209. The van der Waals surface area contributed by atoms with Crippen molar-refractivity contribution in [2.75, 3.05) is 6.54 Å². The van der Waals surface area contributed by atoms with Gasteiger partial charge in [0, 0.05) is 6.04 Å². The predicted octanol–water partition coefficient (Wildman–Crippen LogP) is -1.05. The van der Waals surface area contributed by atoms with Crippen molar-refractivity contribution in [1.82, 2.24) is 16.0 Å². The van der Waals surface area contributed by atoms with E-state index in [0.29, 0.717) is 0 Å². The zero-order valence-corrected chi connectivity index (χ0v) is 6.59. The molecule has 0 spiro atoms. The average Bonchev–Trinajstić information content (AvgIpc) is 2.58. The van der Waals surface area contributed by atoms with Crippen LogP contribution in [0.1, 0.15) is 12.8 Å². The fourth-order valence-electron chi connectivity index (χ4n) is 1.71. The van der Waals surface area contributed by atoms with E-state index in [4.69, 9.17) is 0 Å². The Balaban J connectivity index is 2.03. The average molecular weight is 169 g/mol. The second kappa shape index (κ2) is 2.75. The van der Waals surface area contributed by atoms with Gasteiger partial charge in [-0.05, 0) is 19.4 Å². The summed E-state index contributed by atoms with van der Waals surface area (Å²) >= 11 is 0. The van der Waals surface area contributed by atoms with Gasteiger partial charge in [0.05, 0.1) is 0 Å². The van der Waals surface area contributed by atoms with Gasteiger partial charge in [0.2, 0.25) is 0 Å². The third-order valence-electron chi connectivity index (χ3n) is 2.31. The minimum absolute atomic E-state index is 0.122. The Hall–Kier alpha value is -1.10. The molecule has 5 heteroatoms. The van der Waals surface area contributed by atoms with Crippen LogP contribution in [0.5, 0.6) is 0 Å². The highest BCUT2D eigenvalue weighted by Crippen LogP contribution is 2.11. The lowest BCUT2D eigenvalue weighted by atomic mass is 10.1. The molecule has 0 aromatic carbocycles. The van der Waals surface area contributed by atoms with Crippen molar-refractivity contribution in [3.63, 3.8) is 0 Å². The summed E-state index contributed by atoms with van der Waals surface area (Å²) < 4.78 is 0. The van der Waals surface area contributed by atoms with Crippen molar-refractivity contribution in [2.24, 2.45) is 0 Å². The highest BCUT2D eigenvalue weighted by Gasteiger charge is 2.37. The molecule has 0 unspecified atom stereocenters. The summed E-state index contributed by atoms with van der Waals surface area (Å²) in [6.07, 6.45) is 2.03. The molecule has 2 atom stereocenters. The van der Waals surface area contributed by atoms with Crippen molar-refractivity contribution in [2.45, 2.75) is 24.9 Å². The first-order valence-corrected chi connectivity index (χ1v) is 4.12. The van der Waals surface area contributed by atoms with Crippen LogP contribution in [-0.2, 0) is 4.79 Å². The molecule has 0 radical (unpaired) electrons. The monoisotopic (exact) mass is 169 g/mol. The molecule has 66 valence electrons. The zero-order chi connectivity index (χ0) is 8.55. The van der Waals surface area contributed by atoms with Crippen LogP contribution in [-0.4, -0.2) is 30.6 Å². The van der Waals surface area contributed by atoms with Gasteiger partial charge >= 0.3 is 6.03 Å². The summed E-state index contributed by atoms with van der Waals surface area (Å²) in [7, 11) is 0. The maximum Gasteiger partial charge on any atom is 0.322 e. The van der Waals surface area contributed by atoms with Gasteiger partial charge in [0.15, 0.2) is 0 Å². The molecule has 5 nitrogen and oxygen atoms in total. The minimum atomic E-state index is -0.376. The van der Waals surface area contributed by atoms with E-state index in [1.54, 1.807) is 0 Å². The van der Waals surface area contributed by atoms with E-state index in [0.717, 1.165) is 19.4 Å². The predicted molar refractivity (Wildman–Crippen MR) is 41.5 cm³/mol. The van der Waals surface area contributed by atoms with Crippen LogP contribution in [0.15, 0.2) is 0 Å². The summed E-state index contributed by atoms with van der Waals surface area (Å²) in [6.45, 7) is 0.935. The van der Waals surface area contributed by atoms with E-state index < -0.39 is 0 Å². The number of urea groups is 1. The Labute approximate surface area is 69.9 Å². The first kappa shape index (κ1) is 7.54. The van der Waals surface area contributed by atoms with Gasteiger partial charge in [-0.15, -0.1) is 0 Å². The largest absolute Gasteiger partial charge is 0.324 e. The maximum atomic E-state index is 11.1. The van der Waals surface area contributed by atoms with E-state index in [1.165, 1.54) is 0 Å². The molecule has 2 rings (SSSR count). The number of carbonyl (C=O) groups is 2. The molecule has 12 heavy (non-hydrogen) atoms. The standard InChI is InChI=1S/C7H11N3O2/c11-6-5(9-7(12)10-6)4-2-1-3-8-4/h4-5,8H,1-3H2,(H2,9,10,11,12)/t4-,5-/m1/s1. The van der Waals surface area contributed by atoms with E-state index >= 15 is 0 Å². The lowest BCUT2D eigenvalue weighted by Gasteiger charge is -2.14. The molecule has 2 aliphatic rings. The highest BCUT2D eigenvalue weighted by atomic mass is 16.2. The molecule has 3 amide bonds. The molecule has 0 aliphatic carbocycles. The number of hydrogen-bond acceptors (Lipinski definition) is 3. The number of rotatable bonds is 1. The normalized spacial score (nSPS) is 35.0. The van der Waals surface area contributed by atoms with Crippen molar-refractivity contribution < 1.29 is 9.59 Å². The van der Waals surface area contributed by atoms with Crippen molar-refractivity contribution >= 4 is 11.9 Å². The molecule has 0 saturated carbocycles. The van der Waals surface area contributed by atoms with Crippen LogP contribution in [0.3, 0.4) is 0 Å². The summed E-state index contributed by atoms with van der Waals surface area (Å²) in [6, 6.07) is -0.616. The van der Waals surface area contributed by atoms with E-state index in [9.17, 15) is 9.59 Å². The fraction of sp³-hybridized carbons (Fsp3) is 0.714. The Kier molecular flexibility index (Phi) is 1.73. The van der Waals surface area contributed by atoms with Crippen LogP contribution < -0.4 is 16.0 Å². The maximum absolute atomic E-state index is 11.1. The Morgan fingerprint density at radius 1 is 1.33 bits per heavy atom. The Bertz CT molecular complexity index is 223. The highest BCUT2D eigenvalue weighted by molar-refractivity contribution is 6.04. The van der Waals surface area contributed by atoms with Crippen LogP contribution in [0.2, 0.25) is 0 Å². The fourth-order valence-corrected chi connectivity index (χ4v) is 1.71. The molecule has 0 bridgehead atoms. The quantitative estimate of drug-likeness (QED) is 0.438. The molecule has 2 aliphatic heterocycles. The van der Waals surface area contributed by atoms with Crippen LogP contribution >= 0.6 is 0 Å². The van der Waals surface area contributed by atoms with Crippen LogP contribution in [0, 0.1) is 0 Å². The molecular weight excluding hydrogens is 158 g/mol. The molecule has 0 aromatic heterocycles. The van der Waals surface area contributed by atoms with Crippen LogP contribution in [0.25, 0.3) is 0 Å². The first-order valence-electron chi connectivity index (χ1n) is 4.12. The van der Waals surface area contributed by atoms with E-state index in [2.05, 4.69) is 16.0 Å². The van der Waals surface area contributed by atoms with Gasteiger partial charge in [-0.25, -0.2) is 4.79 Å². The molecule has 3 N–H and O–H groups in total. The third kappa shape index (κ3) is 1.16. The van der Waals surface area contributed by atoms with Gasteiger partial charge in [-0.1, -0.05) is 0 Å². The van der Waals surface area contributed by atoms with Crippen molar-refractivity contribution in [3.05, 3.63) is 0 Å². The minimum Gasteiger partial charge on any atom is -0.324 e. The van der Waals surface area contributed by atoms with Gasteiger partial charge in [0.1, 0.15) is 6.04 Å². The molecular formula is C7H11N3O2. The number of nitrogens with one attached hydrogen (secondary N) is 3. The third-order valence-corrected chi connectivity index (χ3v) is 2.31. The summed E-state index contributed by atoms with van der Waals surface area (Å²) in [4.78, 5) is 21.9. The van der Waals surface area contributed by atoms with Gasteiger partial charge in [-0.2, -0.15) is 0 Å². The number of imide groups is 1. The topological polar surface area (TPSA) is 70.2 Å². The lowest BCUT2D eigenvalue weighted by molar-refractivity contribution is -0.120. The zero-order valence-electron chi connectivity index (χ0n) is 6.59. The van der Waals surface area contributed by atoms with Crippen molar-refractivity contribution in [3.8, 4) is 0 Å². The Morgan fingerprint density at radius 2 is 2.17 bits per heavy atom. The van der Waals surface area contributed by atoms with Gasteiger partial charge < -0.3 is 10.6 Å². The number of amides is 3. The first-order chi connectivity index (χ1) is 5.77. The lowest BCUT2D eigenvalue weighted by Crippen LogP contribution is -2.45. The summed E-state index contributed by atoms with van der Waals surface area (Å²) in [5.41, 5.74) is 0. The van der Waals surface area contributed by atoms with Gasteiger partial charge in [0.25, 0.3) is 5.91 Å². The number of carbonyl (C=O) groups excluding carboxylic acids is 2. The molecule has 2 fully saturated rings. The smallest absolute Gasteiger partial charge is 0.322 e. The molecule has 2 saturated heterocycles. The van der Waals surface area contributed by atoms with E-state index in [-0.39, 0.29) is 24.0 Å². The number of hydrogen-bond donors (Lipinski definition) is 3. The van der Waals surface area contributed by atoms with Crippen LogP contribution in [0.4, 0.5) is 4.79 Å². The van der Waals surface area contributed by atoms with Gasteiger partial charge in [-0.3, -0.25) is 10.1 Å². The molecule has 0 aromatic rings. The van der Waals surface area contributed by atoms with Crippen molar-refractivity contribution in [1.29, 1.82) is 0 Å². The second-order valence-corrected chi connectivity index (χ2v) is 3.14. The Morgan fingerprint density at radius 3 is 2.67 bits per heavy atom. The SMILES string of the molecule is O=C1NC(=O)[C@@H]([C@H]2CCCN2)N1. The molecule has 2 heterocycles. The second-order valence-electron chi connectivity index (χ2n) is 3.14. The van der Waals surface area contributed by atoms with E-state index in [1.807, 2.05) is 0 Å².